The second kappa shape index (κ2) is 15.8. The van der Waals surface area contributed by atoms with Crippen molar-refractivity contribution in [3.05, 3.63) is 145 Å². The average molecular weight is 696 g/mol. The number of nitrogens with one attached hydrogen (secondary N) is 1. The molecule has 0 saturated carbocycles. The van der Waals surface area contributed by atoms with Gasteiger partial charge < -0.3 is 19.9 Å². The van der Waals surface area contributed by atoms with Crippen LogP contribution in [0, 0.1) is 0 Å². The first-order valence-corrected chi connectivity index (χ1v) is 15.7. The van der Waals surface area contributed by atoms with E-state index in [9.17, 15) is 15.9 Å². The highest BCUT2D eigenvalue weighted by molar-refractivity contribution is 9.10. The van der Waals surface area contributed by atoms with Crippen LogP contribution >= 0.6 is 15.9 Å². The molecule has 238 valence electrons. The summed E-state index contributed by atoms with van der Waals surface area (Å²) in [5, 5.41) is 19.9. The van der Waals surface area contributed by atoms with Gasteiger partial charge in [-0.25, -0.2) is 4.99 Å². The van der Waals surface area contributed by atoms with Crippen LogP contribution in [-0.4, -0.2) is 42.2 Å². The SMILES string of the molecule is [N-]=[N+]=Nc1ccccc1C[C@@]1(C(=O)NCCc2ccc(Br)cc2)N=C(c2ccc(OCCCO)cc2)O[C@@H]1c1ccccc1N=[N+]=[N-]. The molecule has 1 amide bonds. The lowest BCUT2D eigenvalue weighted by Crippen LogP contribution is -2.50. The van der Waals surface area contributed by atoms with Crippen molar-refractivity contribution in [1.82, 2.24) is 5.32 Å². The number of azide groups is 2. The average Bonchev–Trinajstić information content (AvgIpc) is 3.47. The second-order valence-electron chi connectivity index (χ2n) is 10.7. The monoisotopic (exact) mass is 694 g/mol. The van der Waals surface area contributed by atoms with E-state index in [-0.39, 0.29) is 18.9 Å². The zero-order chi connectivity index (χ0) is 33.1. The van der Waals surface area contributed by atoms with Crippen molar-refractivity contribution in [2.45, 2.75) is 30.9 Å². The molecule has 13 heteroatoms. The molecule has 2 N–H and O–H groups in total. The number of aliphatic hydroxyl groups is 1. The Kier molecular flexibility index (Phi) is 11.1. The maximum Gasteiger partial charge on any atom is 0.252 e. The number of benzene rings is 4. The van der Waals surface area contributed by atoms with Crippen LogP contribution in [-0.2, 0) is 22.4 Å². The summed E-state index contributed by atoms with van der Waals surface area (Å²) in [6, 6.07) is 28.8. The van der Waals surface area contributed by atoms with E-state index in [1.807, 2.05) is 24.3 Å². The molecule has 1 aliphatic rings. The Bertz CT molecular complexity index is 1840. The van der Waals surface area contributed by atoms with E-state index in [0.717, 1.165) is 10.0 Å². The molecule has 5 rings (SSSR count). The van der Waals surface area contributed by atoms with Crippen LogP contribution in [0.25, 0.3) is 20.9 Å². The number of carbonyl (C=O) groups excluding carboxylic acids is 1. The van der Waals surface area contributed by atoms with Crippen LogP contribution in [0.5, 0.6) is 5.75 Å². The molecule has 1 aliphatic heterocycles. The van der Waals surface area contributed by atoms with Crippen LogP contribution in [0.1, 0.15) is 34.8 Å². The zero-order valence-electron chi connectivity index (χ0n) is 25.2. The van der Waals surface area contributed by atoms with Gasteiger partial charge in [0.25, 0.3) is 5.91 Å². The molecule has 0 spiro atoms. The van der Waals surface area contributed by atoms with Crippen LogP contribution in [0.3, 0.4) is 0 Å². The van der Waals surface area contributed by atoms with E-state index in [4.69, 9.17) is 19.6 Å². The highest BCUT2D eigenvalue weighted by atomic mass is 79.9. The van der Waals surface area contributed by atoms with Crippen LogP contribution in [0.4, 0.5) is 11.4 Å². The van der Waals surface area contributed by atoms with Gasteiger partial charge in [-0.3, -0.25) is 4.79 Å². The predicted molar refractivity (Wildman–Crippen MR) is 182 cm³/mol. The van der Waals surface area contributed by atoms with Gasteiger partial charge in [0, 0.05) is 62.8 Å². The summed E-state index contributed by atoms with van der Waals surface area (Å²) in [5.41, 5.74) is 20.4. The standard InChI is InChI=1S/C34H31BrN8O4/c35-26-14-10-23(11-15-26)18-19-38-33(45)34(22-25-6-1-3-8-29(25)40-42-36)31(28-7-2-4-9-30(28)41-43-37)47-32(39-34)24-12-16-27(17-13-24)46-21-5-20-44/h1-4,6-17,31,44H,5,18-22H2,(H,38,45)/t31-,34-/m1/s1. The summed E-state index contributed by atoms with van der Waals surface area (Å²) >= 11 is 3.45. The lowest BCUT2D eigenvalue weighted by atomic mass is 9.81. The molecule has 0 radical (unpaired) electrons. The molecule has 0 unspecified atom stereocenters. The minimum Gasteiger partial charge on any atom is -0.494 e. The highest BCUT2D eigenvalue weighted by Crippen LogP contribution is 2.46. The topological polar surface area (TPSA) is 178 Å². The van der Waals surface area contributed by atoms with E-state index in [1.54, 1.807) is 72.8 Å². The Labute approximate surface area is 279 Å². The van der Waals surface area contributed by atoms with Gasteiger partial charge in [-0.2, -0.15) is 0 Å². The minimum atomic E-state index is -1.60. The summed E-state index contributed by atoms with van der Waals surface area (Å²) in [7, 11) is 0. The molecule has 4 aromatic rings. The maximum atomic E-state index is 14.6. The van der Waals surface area contributed by atoms with E-state index >= 15 is 0 Å². The van der Waals surface area contributed by atoms with E-state index < -0.39 is 17.6 Å². The molecule has 0 fully saturated rings. The summed E-state index contributed by atoms with van der Waals surface area (Å²) in [6.07, 6.45) is 0.0552. The number of aliphatic imine (C=N–C) groups is 1. The number of halogens is 1. The van der Waals surface area contributed by atoms with Crippen LogP contribution < -0.4 is 10.1 Å². The first kappa shape index (κ1) is 33.1. The van der Waals surface area contributed by atoms with Gasteiger partial charge >= 0.3 is 0 Å². The van der Waals surface area contributed by atoms with Crippen molar-refractivity contribution in [2.24, 2.45) is 15.2 Å². The Morgan fingerprint density at radius 1 is 0.957 bits per heavy atom. The van der Waals surface area contributed by atoms with Gasteiger partial charge in [0.15, 0.2) is 11.6 Å². The molecular formula is C34H31BrN8O4. The van der Waals surface area contributed by atoms with E-state index in [1.165, 1.54) is 0 Å². The summed E-state index contributed by atoms with van der Waals surface area (Å²) in [6.45, 7) is 0.701. The van der Waals surface area contributed by atoms with Crippen molar-refractivity contribution >= 4 is 39.1 Å². The van der Waals surface area contributed by atoms with E-state index in [2.05, 4.69) is 41.3 Å². The van der Waals surface area contributed by atoms with Gasteiger partial charge in [-0.15, -0.1) is 0 Å². The van der Waals surface area contributed by atoms with Crippen molar-refractivity contribution in [3.63, 3.8) is 0 Å². The third-order valence-electron chi connectivity index (χ3n) is 7.62. The van der Waals surface area contributed by atoms with Gasteiger partial charge in [-0.1, -0.05) is 86.8 Å². The maximum absolute atomic E-state index is 14.6. The Balaban J connectivity index is 1.60. The van der Waals surface area contributed by atoms with Crippen LogP contribution in [0.2, 0.25) is 0 Å². The summed E-state index contributed by atoms with van der Waals surface area (Å²) in [4.78, 5) is 25.6. The van der Waals surface area contributed by atoms with Gasteiger partial charge in [0.2, 0.25) is 5.90 Å². The number of ether oxygens (including phenoxy) is 2. The summed E-state index contributed by atoms with van der Waals surface area (Å²) < 4.78 is 13.2. The van der Waals surface area contributed by atoms with Gasteiger partial charge in [0.1, 0.15) is 5.75 Å². The van der Waals surface area contributed by atoms with Crippen molar-refractivity contribution < 1.29 is 19.4 Å². The molecular weight excluding hydrogens is 664 g/mol. The fraction of sp³-hybridized carbons (Fsp3) is 0.235. The van der Waals surface area contributed by atoms with Crippen molar-refractivity contribution in [3.8, 4) is 5.75 Å². The Morgan fingerprint density at radius 3 is 2.36 bits per heavy atom. The minimum absolute atomic E-state index is 0.00737. The Morgan fingerprint density at radius 2 is 1.64 bits per heavy atom. The largest absolute Gasteiger partial charge is 0.494 e. The van der Waals surface area contributed by atoms with E-state index in [0.29, 0.717) is 59.8 Å². The van der Waals surface area contributed by atoms with Crippen LogP contribution in [0.15, 0.2) is 117 Å². The predicted octanol–water partition coefficient (Wildman–Crippen LogP) is 7.95. The molecule has 0 aromatic heterocycles. The number of hydrogen-bond acceptors (Lipinski definition) is 7. The molecule has 47 heavy (non-hydrogen) atoms. The van der Waals surface area contributed by atoms with Crippen molar-refractivity contribution in [2.75, 3.05) is 19.8 Å². The third kappa shape index (κ3) is 7.92. The number of rotatable bonds is 14. The molecule has 0 aliphatic carbocycles. The molecule has 2 atom stereocenters. The van der Waals surface area contributed by atoms with Crippen molar-refractivity contribution in [1.29, 1.82) is 0 Å². The Hall–Kier alpha value is -5.32. The fourth-order valence-corrected chi connectivity index (χ4v) is 5.59. The molecule has 0 bridgehead atoms. The number of carbonyl (C=O) groups is 1. The highest BCUT2D eigenvalue weighted by Gasteiger charge is 2.54. The van der Waals surface area contributed by atoms with Gasteiger partial charge in [0.05, 0.1) is 6.61 Å². The first-order chi connectivity index (χ1) is 23.0. The zero-order valence-corrected chi connectivity index (χ0v) is 26.8. The number of amides is 1. The number of hydrogen-bond donors (Lipinski definition) is 2. The molecule has 0 saturated heterocycles. The smallest absolute Gasteiger partial charge is 0.252 e. The summed E-state index contributed by atoms with van der Waals surface area (Å²) in [5.74, 6) is 0.397. The molecule has 12 nitrogen and oxygen atoms in total. The first-order valence-electron chi connectivity index (χ1n) is 14.9. The van der Waals surface area contributed by atoms with Gasteiger partial charge in [-0.05, 0) is 65.0 Å². The molecule has 4 aromatic carbocycles. The lowest BCUT2D eigenvalue weighted by Gasteiger charge is -2.31. The second-order valence-corrected chi connectivity index (χ2v) is 11.6. The lowest BCUT2D eigenvalue weighted by molar-refractivity contribution is -0.128. The fourth-order valence-electron chi connectivity index (χ4n) is 5.33. The third-order valence-corrected chi connectivity index (χ3v) is 8.15. The normalized spacial score (nSPS) is 16.6. The number of aliphatic hydroxyl groups excluding tert-OH is 1. The molecule has 1 heterocycles. The number of nitrogens with zero attached hydrogens (tertiary/aromatic N) is 7. The quantitative estimate of drug-likeness (QED) is 0.0589.